The smallest absolute Gasteiger partial charge is 0.266 e. The molecule has 1 aliphatic heterocycles. The lowest BCUT2D eigenvalue weighted by molar-refractivity contribution is -0.123. The highest BCUT2D eigenvalue weighted by Crippen LogP contribution is 2.33. The second-order valence-electron chi connectivity index (χ2n) is 6.39. The van der Waals surface area contributed by atoms with Crippen LogP contribution in [0.3, 0.4) is 0 Å². The normalized spacial score (nSPS) is 14.8. The van der Waals surface area contributed by atoms with E-state index in [1.165, 1.54) is 21.9 Å². The third kappa shape index (κ3) is 5.12. The van der Waals surface area contributed by atoms with Gasteiger partial charge in [0.2, 0.25) is 5.91 Å². The first-order valence-electron chi connectivity index (χ1n) is 9.23. The average molecular weight is 440 g/mol. The molecule has 0 aromatic heterocycles. The number of nitrogens with zero attached hydrogens (tertiary/aromatic N) is 3. The monoisotopic (exact) mass is 439 g/mol. The molecule has 2 amide bonds. The first-order valence-corrected chi connectivity index (χ1v) is 10.5. The fraction of sp³-hybridized carbons (Fsp3) is 0.182. The van der Waals surface area contributed by atoms with Crippen LogP contribution in [0, 0.1) is 17.1 Å². The van der Waals surface area contributed by atoms with Gasteiger partial charge in [-0.05, 0) is 24.3 Å². The number of nitriles is 1. The van der Waals surface area contributed by atoms with Crippen LogP contribution < -0.4 is 4.90 Å². The zero-order valence-electron chi connectivity index (χ0n) is 16.0. The van der Waals surface area contributed by atoms with Crippen LogP contribution in [0.15, 0.2) is 59.5 Å². The van der Waals surface area contributed by atoms with Crippen molar-refractivity contribution in [2.24, 2.45) is 0 Å². The number of rotatable bonds is 7. The topological polar surface area (TPSA) is 64.4 Å². The van der Waals surface area contributed by atoms with E-state index in [2.05, 4.69) is 0 Å². The predicted molar refractivity (Wildman–Crippen MR) is 120 cm³/mol. The fourth-order valence-electron chi connectivity index (χ4n) is 2.94. The zero-order valence-corrected chi connectivity index (χ0v) is 17.6. The van der Waals surface area contributed by atoms with Gasteiger partial charge >= 0.3 is 0 Å². The third-order valence-corrected chi connectivity index (χ3v) is 5.81. The molecule has 0 N–H and O–H groups in total. The van der Waals surface area contributed by atoms with E-state index in [4.69, 9.17) is 17.5 Å². The third-order valence-electron chi connectivity index (χ3n) is 4.43. The van der Waals surface area contributed by atoms with Gasteiger partial charge in [0.15, 0.2) is 0 Å². The van der Waals surface area contributed by atoms with Gasteiger partial charge in [-0.15, -0.1) is 0 Å². The van der Waals surface area contributed by atoms with Gasteiger partial charge in [-0.25, -0.2) is 4.39 Å². The molecular formula is C22H18FN3O2S2. The minimum absolute atomic E-state index is 0.0553. The molecule has 2 aromatic rings. The van der Waals surface area contributed by atoms with Crippen molar-refractivity contribution in [3.8, 4) is 6.07 Å². The fourth-order valence-corrected chi connectivity index (χ4v) is 4.24. The Morgan fingerprint density at radius 2 is 1.90 bits per heavy atom. The summed E-state index contributed by atoms with van der Waals surface area (Å²) in [6, 6.07) is 17.3. The Morgan fingerprint density at radius 1 is 1.20 bits per heavy atom. The van der Waals surface area contributed by atoms with Crippen molar-refractivity contribution >= 4 is 51.9 Å². The van der Waals surface area contributed by atoms with Crippen LogP contribution in [0.1, 0.15) is 18.4 Å². The molecule has 0 unspecified atom stereocenters. The molecule has 2 aromatic carbocycles. The van der Waals surface area contributed by atoms with E-state index in [-0.39, 0.29) is 37.7 Å². The number of thioether (sulfide) groups is 1. The highest BCUT2D eigenvalue weighted by atomic mass is 32.2. The molecule has 0 spiro atoms. The molecule has 0 saturated carbocycles. The quantitative estimate of drug-likeness (QED) is 0.474. The molecule has 8 heteroatoms. The Hall–Kier alpha value is -3.02. The van der Waals surface area contributed by atoms with Gasteiger partial charge in [0, 0.05) is 30.8 Å². The first-order chi connectivity index (χ1) is 14.5. The standard InChI is InChI=1S/C22H18FN3O2S2/c23-18-10-5-4-7-16(18)15-19-21(28)26(22(29)30-19)14-11-20(27)25(13-6-12-24)17-8-2-1-3-9-17/h1-5,7-10,15H,6,11,13-14H2. The molecule has 0 radical (unpaired) electrons. The van der Waals surface area contributed by atoms with Crippen LogP contribution >= 0.6 is 24.0 Å². The van der Waals surface area contributed by atoms with Gasteiger partial charge in [0.05, 0.1) is 17.4 Å². The molecular weight excluding hydrogens is 421 g/mol. The summed E-state index contributed by atoms with van der Waals surface area (Å²) in [5.74, 6) is -0.970. The van der Waals surface area contributed by atoms with E-state index >= 15 is 0 Å². The molecule has 1 saturated heterocycles. The summed E-state index contributed by atoms with van der Waals surface area (Å²) in [6.45, 7) is 0.388. The zero-order chi connectivity index (χ0) is 21.5. The molecule has 1 fully saturated rings. The van der Waals surface area contributed by atoms with E-state index in [0.29, 0.717) is 20.5 Å². The van der Waals surface area contributed by atoms with Crippen LogP contribution in [0.5, 0.6) is 0 Å². The van der Waals surface area contributed by atoms with Crippen molar-refractivity contribution in [3.05, 3.63) is 70.9 Å². The maximum Gasteiger partial charge on any atom is 0.266 e. The molecule has 0 atom stereocenters. The van der Waals surface area contributed by atoms with Crippen molar-refractivity contribution in [2.45, 2.75) is 12.8 Å². The van der Waals surface area contributed by atoms with Crippen LogP contribution in [-0.2, 0) is 9.59 Å². The summed E-state index contributed by atoms with van der Waals surface area (Å²) in [7, 11) is 0. The highest BCUT2D eigenvalue weighted by molar-refractivity contribution is 8.26. The average Bonchev–Trinajstić information content (AvgIpc) is 3.01. The van der Waals surface area contributed by atoms with Gasteiger partial charge in [-0.2, -0.15) is 5.26 Å². The van der Waals surface area contributed by atoms with Gasteiger partial charge in [0.1, 0.15) is 10.1 Å². The number of halogens is 1. The number of hydrogen-bond donors (Lipinski definition) is 0. The van der Waals surface area contributed by atoms with E-state index in [0.717, 1.165) is 11.8 Å². The minimum atomic E-state index is -0.422. The molecule has 1 aliphatic rings. The van der Waals surface area contributed by atoms with Crippen molar-refractivity contribution in [2.75, 3.05) is 18.0 Å². The van der Waals surface area contributed by atoms with Gasteiger partial charge in [-0.3, -0.25) is 14.5 Å². The number of thiocarbonyl (C=S) groups is 1. The van der Waals surface area contributed by atoms with E-state index in [1.54, 1.807) is 30.3 Å². The number of anilines is 1. The van der Waals surface area contributed by atoms with Crippen molar-refractivity contribution in [1.29, 1.82) is 5.26 Å². The van der Waals surface area contributed by atoms with Gasteiger partial charge < -0.3 is 4.90 Å². The first kappa shape index (κ1) is 21.7. The number of para-hydroxylation sites is 1. The number of hydrogen-bond acceptors (Lipinski definition) is 5. The van der Waals surface area contributed by atoms with Crippen LogP contribution in [0.4, 0.5) is 10.1 Å². The van der Waals surface area contributed by atoms with E-state index < -0.39 is 5.82 Å². The molecule has 30 heavy (non-hydrogen) atoms. The summed E-state index contributed by atoms with van der Waals surface area (Å²) in [4.78, 5) is 28.7. The maximum atomic E-state index is 13.9. The second-order valence-corrected chi connectivity index (χ2v) is 8.07. The number of carbonyl (C=O) groups excluding carboxylic acids is 2. The molecule has 3 rings (SSSR count). The SMILES string of the molecule is N#CCCN(C(=O)CCN1C(=O)C(=Cc2ccccc2F)SC1=S)c1ccccc1. The Labute approximate surface area is 183 Å². The Kier molecular flexibility index (Phi) is 7.33. The lowest BCUT2D eigenvalue weighted by atomic mass is 10.2. The number of carbonyl (C=O) groups is 2. The summed E-state index contributed by atoms with van der Waals surface area (Å²) < 4.78 is 14.2. The summed E-state index contributed by atoms with van der Waals surface area (Å²) in [5, 5.41) is 8.89. The number of benzene rings is 2. The second kappa shape index (κ2) is 10.1. The molecule has 0 aliphatic carbocycles. The Bertz CT molecular complexity index is 1030. The highest BCUT2D eigenvalue weighted by Gasteiger charge is 2.32. The van der Waals surface area contributed by atoms with E-state index in [9.17, 15) is 14.0 Å². The van der Waals surface area contributed by atoms with Gasteiger partial charge in [-0.1, -0.05) is 60.4 Å². The lowest BCUT2D eigenvalue weighted by Gasteiger charge is -2.23. The molecule has 5 nitrogen and oxygen atoms in total. The van der Waals surface area contributed by atoms with Crippen molar-refractivity contribution in [3.63, 3.8) is 0 Å². The Balaban J connectivity index is 1.69. The maximum absolute atomic E-state index is 13.9. The van der Waals surface area contributed by atoms with E-state index in [1.807, 2.05) is 24.3 Å². The molecule has 0 bridgehead atoms. The van der Waals surface area contributed by atoms with Crippen molar-refractivity contribution in [1.82, 2.24) is 4.90 Å². The van der Waals surface area contributed by atoms with Crippen LogP contribution in [0.25, 0.3) is 6.08 Å². The summed E-state index contributed by atoms with van der Waals surface area (Å²) >= 11 is 6.38. The Morgan fingerprint density at radius 3 is 2.60 bits per heavy atom. The summed E-state index contributed by atoms with van der Waals surface area (Å²) in [6.07, 6.45) is 1.73. The lowest BCUT2D eigenvalue weighted by Crippen LogP contribution is -2.36. The molecule has 1 heterocycles. The molecule has 152 valence electrons. The minimum Gasteiger partial charge on any atom is -0.311 e. The van der Waals surface area contributed by atoms with Gasteiger partial charge in [0.25, 0.3) is 5.91 Å². The van der Waals surface area contributed by atoms with Crippen LogP contribution in [0.2, 0.25) is 0 Å². The number of amides is 2. The largest absolute Gasteiger partial charge is 0.311 e. The van der Waals surface area contributed by atoms with Crippen molar-refractivity contribution < 1.29 is 14.0 Å². The summed E-state index contributed by atoms with van der Waals surface area (Å²) in [5.41, 5.74) is 1.00. The van der Waals surface area contributed by atoms with Crippen LogP contribution in [-0.4, -0.2) is 34.1 Å². The predicted octanol–water partition coefficient (Wildman–Crippen LogP) is 4.36.